The molecule has 1 fully saturated rings. The molecule has 4 atom stereocenters. The maximum atomic E-state index is 11.4. The number of ether oxygens (including phenoxy) is 2. The number of halogens is 1. The fourth-order valence-electron chi connectivity index (χ4n) is 4.36. The third-order valence-electron chi connectivity index (χ3n) is 6.23. The average molecular weight is 558 g/mol. The highest BCUT2D eigenvalue weighted by molar-refractivity contribution is 6.30. The van der Waals surface area contributed by atoms with Crippen molar-refractivity contribution >= 4 is 34.6 Å². The summed E-state index contributed by atoms with van der Waals surface area (Å²) in [5.74, 6) is 1.32. The number of anilines is 1. The standard InChI is InChI=1S/C25H28ClN7O6/c1-32(2)9-15-4-5-16(38-15)10-37-17-6-3-14(26)7-13(17)8-28-22-19-23(30-11-29-22)33(12-31-19)24-20(34)18(27)21(39-24)25(35)36/h3-7,11-12,18,20-21,24,34H,8-10,27H2,1-2H3,(H,35,36)(H,28,29,30)/t18-,20+,21-,24+/m0/s1. The van der Waals surface area contributed by atoms with E-state index >= 15 is 0 Å². The lowest BCUT2D eigenvalue weighted by Crippen LogP contribution is -2.43. The zero-order chi connectivity index (χ0) is 27.7. The van der Waals surface area contributed by atoms with Crippen LogP contribution in [0.25, 0.3) is 11.2 Å². The number of aliphatic hydroxyl groups excluding tert-OH is 1. The van der Waals surface area contributed by atoms with Crippen molar-refractivity contribution in [2.24, 2.45) is 5.73 Å². The summed E-state index contributed by atoms with van der Waals surface area (Å²) >= 11 is 6.26. The van der Waals surface area contributed by atoms with Crippen LogP contribution in [0.2, 0.25) is 5.02 Å². The van der Waals surface area contributed by atoms with Crippen LogP contribution in [0.1, 0.15) is 23.3 Å². The Morgan fingerprint density at radius 1 is 1.23 bits per heavy atom. The van der Waals surface area contributed by atoms with E-state index in [4.69, 9.17) is 31.2 Å². The predicted molar refractivity (Wildman–Crippen MR) is 140 cm³/mol. The first-order valence-electron chi connectivity index (χ1n) is 12.1. The molecule has 0 saturated carbocycles. The molecule has 0 bridgehead atoms. The smallest absolute Gasteiger partial charge is 0.334 e. The van der Waals surface area contributed by atoms with Gasteiger partial charge in [0.1, 0.15) is 36.3 Å². The molecule has 0 unspecified atom stereocenters. The number of imidazole rings is 1. The van der Waals surface area contributed by atoms with Gasteiger partial charge >= 0.3 is 5.97 Å². The van der Waals surface area contributed by atoms with Crippen LogP contribution in [0.3, 0.4) is 0 Å². The number of hydrogen-bond acceptors (Lipinski definition) is 11. The Kier molecular flexibility index (Phi) is 7.68. The first-order chi connectivity index (χ1) is 18.7. The van der Waals surface area contributed by atoms with Crippen LogP contribution in [0, 0.1) is 0 Å². The summed E-state index contributed by atoms with van der Waals surface area (Å²) in [7, 11) is 3.94. The van der Waals surface area contributed by atoms with Gasteiger partial charge in [0.05, 0.1) is 18.9 Å². The molecule has 1 saturated heterocycles. The van der Waals surface area contributed by atoms with E-state index in [1.165, 1.54) is 17.2 Å². The summed E-state index contributed by atoms with van der Waals surface area (Å²) in [5.41, 5.74) is 7.36. The molecule has 0 radical (unpaired) electrons. The molecule has 0 amide bonds. The van der Waals surface area contributed by atoms with Crippen LogP contribution < -0.4 is 15.8 Å². The fourth-order valence-corrected chi connectivity index (χ4v) is 4.56. The highest BCUT2D eigenvalue weighted by Crippen LogP contribution is 2.32. The molecule has 0 spiro atoms. The van der Waals surface area contributed by atoms with Crippen LogP contribution >= 0.6 is 11.6 Å². The number of rotatable bonds is 10. The molecule has 0 aliphatic carbocycles. The van der Waals surface area contributed by atoms with Gasteiger partial charge in [0.25, 0.3) is 0 Å². The van der Waals surface area contributed by atoms with Crippen molar-refractivity contribution in [1.29, 1.82) is 0 Å². The van der Waals surface area contributed by atoms with Crippen molar-refractivity contribution < 1.29 is 28.9 Å². The second kappa shape index (κ2) is 11.2. The number of fused-ring (bicyclic) bond motifs is 1. The van der Waals surface area contributed by atoms with Crippen molar-refractivity contribution in [3.8, 4) is 5.75 Å². The number of nitrogens with one attached hydrogen (secondary N) is 1. The number of hydrogen-bond donors (Lipinski definition) is 4. The lowest BCUT2D eigenvalue weighted by molar-refractivity contribution is -0.152. The van der Waals surface area contributed by atoms with Crippen molar-refractivity contribution in [2.45, 2.75) is 44.2 Å². The molecule has 5 N–H and O–H groups in total. The molecule has 1 aliphatic heterocycles. The Morgan fingerprint density at radius 2 is 2.03 bits per heavy atom. The number of aromatic nitrogens is 4. The largest absolute Gasteiger partial charge is 0.485 e. The Labute approximate surface area is 228 Å². The van der Waals surface area contributed by atoms with E-state index < -0.39 is 30.4 Å². The Balaban J connectivity index is 1.32. The molecule has 4 aromatic rings. The molecule has 5 rings (SSSR count). The van der Waals surface area contributed by atoms with E-state index in [0.29, 0.717) is 46.6 Å². The summed E-state index contributed by atoms with van der Waals surface area (Å²) < 4.78 is 18.8. The first kappa shape index (κ1) is 26.8. The van der Waals surface area contributed by atoms with Crippen LogP contribution in [-0.2, 0) is 29.2 Å². The van der Waals surface area contributed by atoms with Crippen LogP contribution in [0.5, 0.6) is 5.75 Å². The van der Waals surface area contributed by atoms with E-state index in [2.05, 4.69) is 20.3 Å². The van der Waals surface area contributed by atoms with E-state index in [-0.39, 0.29) is 6.61 Å². The van der Waals surface area contributed by atoms with Crippen LogP contribution in [0.15, 0.2) is 47.4 Å². The number of benzene rings is 1. The molecular weight excluding hydrogens is 530 g/mol. The molecule has 1 aromatic carbocycles. The monoisotopic (exact) mass is 557 g/mol. The van der Waals surface area contributed by atoms with Gasteiger partial charge in [-0.15, -0.1) is 0 Å². The van der Waals surface area contributed by atoms with Gasteiger partial charge in [-0.2, -0.15) is 0 Å². The van der Waals surface area contributed by atoms with Gasteiger partial charge < -0.3 is 40.1 Å². The van der Waals surface area contributed by atoms with Gasteiger partial charge in [-0.3, -0.25) is 4.57 Å². The summed E-state index contributed by atoms with van der Waals surface area (Å²) in [6.45, 7) is 1.24. The molecular formula is C25H28ClN7O6. The Hall–Kier alpha value is -3.75. The van der Waals surface area contributed by atoms with E-state index in [1.54, 1.807) is 18.2 Å². The Morgan fingerprint density at radius 3 is 2.77 bits per heavy atom. The number of nitrogens with zero attached hydrogens (tertiary/aromatic N) is 5. The highest BCUT2D eigenvalue weighted by Gasteiger charge is 2.46. The topological polar surface area (TPSA) is 174 Å². The van der Waals surface area contributed by atoms with Gasteiger partial charge in [-0.25, -0.2) is 19.7 Å². The quantitative estimate of drug-likeness (QED) is 0.223. The summed E-state index contributed by atoms with van der Waals surface area (Å²) in [6, 6.07) is 8.02. The fraction of sp³-hybridized carbons (Fsp3) is 0.360. The molecule has 1 aliphatic rings. The second-order valence-corrected chi connectivity index (χ2v) is 9.84. The van der Waals surface area contributed by atoms with Crippen LogP contribution in [0.4, 0.5) is 5.82 Å². The Bertz CT molecular complexity index is 1470. The number of nitrogens with two attached hydrogens (primary N) is 1. The predicted octanol–water partition coefficient (Wildman–Crippen LogP) is 2.00. The molecule has 39 heavy (non-hydrogen) atoms. The normalized spacial score (nSPS) is 21.1. The van der Waals surface area contributed by atoms with Gasteiger partial charge in [0, 0.05) is 17.1 Å². The maximum absolute atomic E-state index is 11.4. The molecule has 206 valence electrons. The number of furan rings is 1. The van der Waals surface area contributed by atoms with Crippen molar-refractivity contribution in [3.63, 3.8) is 0 Å². The number of aliphatic hydroxyl groups is 1. The highest BCUT2D eigenvalue weighted by atomic mass is 35.5. The molecule has 13 nitrogen and oxygen atoms in total. The minimum absolute atomic E-state index is 0.243. The number of carboxylic acid groups (broad SMARTS) is 1. The zero-order valence-electron chi connectivity index (χ0n) is 21.2. The summed E-state index contributed by atoms with van der Waals surface area (Å²) in [4.78, 5) is 26.4. The number of carbonyl (C=O) groups is 1. The van der Waals surface area contributed by atoms with E-state index in [9.17, 15) is 15.0 Å². The third kappa shape index (κ3) is 5.67. The number of aliphatic carboxylic acids is 1. The summed E-state index contributed by atoms with van der Waals surface area (Å²) in [6.07, 6.45) is -0.965. The second-order valence-electron chi connectivity index (χ2n) is 9.40. The van der Waals surface area contributed by atoms with Gasteiger partial charge in [-0.1, -0.05) is 11.6 Å². The minimum Gasteiger partial charge on any atom is -0.485 e. The average Bonchev–Trinajstić information content (AvgIpc) is 3.60. The van der Waals surface area contributed by atoms with Crippen molar-refractivity contribution in [1.82, 2.24) is 24.4 Å². The first-order valence-corrected chi connectivity index (χ1v) is 12.5. The van der Waals surface area contributed by atoms with Gasteiger partial charge in [0.15, 0.2) is 29.3 Å². The van der Waals surface area contributed by atoms with Crippen LogP contribution in [-0.4, -0.2) is 72.9 Å². The van der Waals surface area contributed by atoms with Crippen molar-refractivity contribution in [3.05, 3.63) is 65.1 Å². The maximum Gasteiger partial charge on any atom is 0.334 e. The van der Waals surface area contributed by atoms with Crippen molar-refractivity contribution in [2.75, 3.05) is 19.4 Å². The minimum atomic E-state index is -1.36. The number of carboxylic acids is 1. The van der Waals surface area contributed by atoms with Gasteiger partial charge in [0.2, 0.25) is 0 Å². The lowest BCUT2D eigenvalue weighted by Gasteiger charge is -2.16. The lowest BCUT2D eigenvalue weighted by atomic mass is 10.1. The summed E-state index contributed by atoms with van der Waals surface area (Å²) in [5, 5.41) is 23.6. The van der Waals surface area contributed by atoms with E-state index in [0.717, 1.165) is 11.3 Å². The van der Waals surface area contributed by atoms with E-state index in [1.807, 2.05) is 31.1 Å². The molecule has 3 aromatic heterocycles. The SMILES string of the molecule is CN(C)Cc1ccc(COc2ccc(Cl)cc2CNc2ncnc3c2ncn3[C@@H]2O[C@H](C(=O)O)[C@@H](N)[C@H]2O)o1. The molecule has 4 heterocycles. The zero-order valence-corrected chi connectivity index (χ0v) is 21.9. The third-order valence-corrected chi connectivity index (χ3v) is 6.46. The van der Waals surface area contributed by atoms with Gasteiger partial charge in [-0.05, 0) is 44.4 Å². The molecule has 14 heteroatoms.